The second-order valence-electron chi connectivity index (χ2n) is 5.52. The number of hydrogen-bond donors (Lipinski definition) is 0. The lowest BCUT2D eigenvalue weighted by molar-refractivity contribution is -0.0370. The first kappa shape index (κ1) is 11.2. The molecular weight excluding hydrogens is 210 g/mol. The number of ether oxygens (including phenoxy) is 1. The van der Waals surface area contributed by atoms with Crippen LogP contribution in [0.3, 0.4) is 0 Å². The van der Waals surface area contributed by atoms with Crippen LogP contribution in [0.5, 0.6) is 0 Å². The first-order chi connectivity index (χ1) is 8.38. The Morgan fingerprint density at radius 2 is 2.00 bits per heavy atom. The van der Waals surface area contributed by atoms with Crippen LogP contribution in [0.2, 0.25) is 0 Å². The maximum atomic E-state index is 6.18. The van der Waals surface area contributed by atoms with Crippen molar-refractivity contribution in [3.8, 4) is 0 Å². The highest BCUT2D eigenvalue weighted by Crippen LogP contribution is 2.42. The van der Waals surface area contributed by atoms with Gasteiger partial charge in [-0.25, -0.2) is 0 Å². The van der Waals surface area contributed by atoms with Crippen LogP contribution in [-0.2, 0) is 4.74 Å². The average Bonchev–Trinajstić information content (AvgIpc) is 2.72. The SMILES string of the molecule is c1ccc(C2CCOC3(CCCC3)CC2)nc1. The lowest BCUT2D eigenvalue weighted by atomic mass is 9.89. The Hall–Kier alpha value is -0.890. The van der Waals surface area contributed by atoms with Crippen molar-refractivity contribution in [1.82, 2.24) is 4.98 Å². The van der Waals surface area contributed by atoms with Crippen molar-refractivity contribution in [2.75, 3.05) is 6.61 Å². The van der Waals surface area contributed by atoms with E-state index in [1.54, 1.807) is 0 Å². The topological polar surface area (TPSA) is 22.1 Å². The molecule has 1 aromatic rings. The minimum absolute atomic E-state index is 0.240. The van der Waals surface area contributed by atoms with Gasteiger partial charge in [0, 0.05) is 24.4 Å². The van der Waals surface area contributed by atoms with Gasteiger partial charge in [-0.1, -0.05) is 18.9 Å². The van der Waals surface area contributed by atoms with Gasteiger partial charge in [0.2, 0.25) is 0 Å². The maximum absolute atomic E-state index is 6.18. The van der Waals surface area contributed by atoms with Crippen LogP contribution in [0, 0.1) is 0 Å². The summed E-state index contributed by atoms with van der Waals surface area (Å²) in [5.74, 6) is 0.608. The Labute approximate surface area is 103 Å². The number of hydrogen-bond acceptors (Lipinski definition) is 2. The molecule has 1 saturated heterocycles. The molecule has 0 bridgehead atoms. The summed E-state index contributed by atoms with van der Waals surface area (Å²) < 4.78 is 6.18. The summed E-state index contributed by atoms with van der Waals surface area (Å²) in [7, 11) is 0. The molecule has 1 aliphatic heterocycles. The lowest BCUT2D eigenvalue weighted by Gasteiger charge is -2.27. The van der Waals surface area contributed by atoms with Crippen LogP contribution >= 0.6 is 0 Å². The minimum atomic E-state index is 0.240. The van der Waals surface area contributed by atoms with Crippen LogP contribution < -0.4 is 0 Å². The number of rotatable bonds is 1. The van der Waals surface area contributed by atoms with E-state index in [4.69, 9.17) is 4.74 Å². The Morgan fingerprint density at radius 1 is 1.12 bits per heavy atom. The molecule has 1 unspecified atom stereocenters. The van der Waals surface area contributed by atoms with E-state index in [0.29, 0.717) is 5.92 Å². The Morgan fingerprint density at radius 3 is 2.76 bits per heavy atom. The summed E-state index contributed by atoms with van der Waals surface area (Å²) in [5, 5.41) is 0. The first-order valence-corrected chi connectivity index (χ1v) is 6.93. The summed E-state index contributed by atoms with van der Waals surface area (Å²) in [6.07, 6.45) is 10.8. The zero-order valence-corrected chi connectivity index (χ0v) is 10.4. The van der Waals surface area contributed by atoms with E-state index < -0.39 is 0 Å². The Balaban J connectivity index is 1.70. The number of aromatic nitrogens is 1. The molecule has 3 rings (SSSR count). The molecule has 1 atom stereocenters. The van der Waals surface area contributed by atoms with Gasteiger partial charge >= 0.3 is 0 Å². The molecule has 2 fully saturated rings. The number of pyridine rings is 1. The van der Waals surface area contributed by atoms with Crippen molar-refractivity contribution in [2.45, 2.75) is 56.5 Å². The molecule has 1 aliphatic carbocycles. The minimum Gasteiger partial charge on any atom is -0.375 e. The molecule has 2 nitrogen and oxygen atoms in total. The van der Waals surface area contributed by atoms with E-state index in [2.05, 4.69) is 17.1 Å². The van der Waals surface area contributed by atoms with E-state index >= 15 is 0 Å². The maximum Gasteiger partial charge on any atom is 0.0682 e. The van der Waals surface area contributed by atoms with Crippen LogP contribution in [0.1, 0.15) is 56.6 Å². The van der Waals surface area contributed by atoms with Gasteiger partial charge in [-0.2, -0.15) is 0 Å². The van der Waals surface area contributed by atoms with Gasteiger partial charge < -0.3 is 4.74 Å². The van der Waals surface area contributed by atoms with Gasteiger partial charge in [-0.3, -0.25) is 4.98 Å². The van der Waals surface area contributed by atoms with Crippen LogP contribution in [0.25, 0.3) is 0 Å². The van der Waals surface area contributed by atoms with Gasteiger partial charge in [-0.05, 0) is 44.2 Å². The third-order valence-corrected chi connectivity index (χ3v) is 4.44. The first-order valence-electron chi connectivity index (χ1n) is 6.93. The summed E-state index contributed by atoms with van der Waals surface area (Å²) >= 11 is 0. The van der Waals surface area contributed by atoms with Crippen molar-refractivity contribution in [3.63, 3.8) is 0 Å². The molecule has 0 amide bonds. The quantitative estimate of drug-likeness (QED) is 0.735. The molecule has 1 saturated carbocycles. The molecule has 0 N–H and O–H groups in total. The van der Waals surface area contributed by atoms with E-state index in [1.807, 2.05) is 12.3 Å². The van der Waals surface area contributed by atoms with Crippen molar-refractivity contribution in [1.29, 1.82) is 0 Å². The Bertz CT molecular complexity index is 356. The summed E-state index contributed by atoms with van der Waals surface area (Å²) in [6, 6.07) is 6.26. The predicted molar refractivity (Wildman–Crippen MR) is 68.0 cm³/mol. The van der Waals surface area contributed by atoms with Crippen LogP contribution in [0.15, 0.2) is 24.4 Å². The zero-order chi connectivity index (χ0) is 11.6. The highest BCUT2D eigenvalue weighted by atomic mass is 16.5. The average molecular weight is 231 g/mol. The second-order valence-corrected chi connectivity index (χ2v) is 5.52. The summed E-state index contributed by atoms with van der Waals surface area (Å²) in [6.45, 7) is 0.918. The lowest BCUT2D eigenvalue weighted by Crippen LogP contribution is -2.27. The van der Waals surface area contributed by atoms with Gasteiger partial charge in [0.1, 0.15) is 0 Å². The molecule has 92 valence electrons. The van der Waals surface area contributed by atoms with Crippen molar-refractivity contribution < 1.29 is 4.74 Å². The van der Waals surface area contributed by atoms with E-state index in [-0.39, 0.29) is 5.60 Å². The van der Waals surface area contributed by atoms with Gasteiger partial charge in [0.05, 0.1) is 5.60 Å². The standard InChI is InChI=1S/C15H21NO/c1-4-11-16-14(5-1)13-6-10-15(17-12-7-13)8-2-3-9-15/h1,4-5,11,13H,2-3,6-10,12H2. The third-order valence-electron chi connectivity index (χ3n) is 4.44. The smallest absolute Gasteiger partial charge is 0.0682 e. The van der Waals surface area contributed by atoms with Gasteiger partial charge in [0.25, 0.3) is 0 Å². The third kappa shape index (κ3) is 2.37. The molecule has 2 heteroatoms. The highest BCUT2D eigenvalue weighted by molar-refractivity contribution is 5.10. The van der Waals surface area contributed by atoms with E-state index in [1.165, 1.54) is 44.2 Å². The van der Waals surface area contributed by atoms with Crippen molar-refractivity contribution in [2.24, 2.45) is 0 Å². The molecule has 17 heavy (non-hydrogen) atoms. The van der Waals surface area contributed by atoms with Crippen molar-refractivity contribution in [3.05, 3.63) is 30.1 Å². The van der Waals surface area contributed by atoms with Crippen molar-refractivity contribution >= 4 is 0 Å². The molecule has 2 heterocycles. The predicted octanol–water partition coefficient (Wildman–Crippen LogP) is 3.68. The molecular formula is C15H21NO. The summed E-state index contributed by atoms with van der Waals surface area (Å²) in [5.41, 5.74) is 1.50. The van der Waals surface area contributed by atoms with Crippen LogP contribution in [-0.4, -0.2) is 17.2 Å². The molecule has 1 aromatic heterocycles. The highest BCUT2D eigenvalue weighted by Gasteiger charge is 2.37. The molecule has 0 aromatic carbocycles. The monoisotopic (exact) mass is 231 g/mol. The van der Waals surface area contributed by atoms with Gasteiger partial charge in [0.15, 0.2) is 0 Å². The largest absolute Gasteiger partial charge is 0.375 e. The fraction of sp³-hybridized carbons (Fsp3) is 0.667. The molecule has 0 radical (unpaired) electrons. The second kappa shape index (κ2) is 4.77. The van der Waals surface area contributed by atoms with Gasteiger partial charge in [-0.15, -0.1) is 0 Å². The molecule has 2 aliphatic rings. The number of nitrogens with zero attached hydrogens (tertiary/aromatic N) is 1. The fourth-order valence-electron chi connectivity index (χ4n) is 3.40. The normalized spacial score (nSPS) is 28.1. The molecule has 1 spiro atoms. The summed E-state index contributed by atoms with van der Waals surface area (Å²) in [4.78, 5) is 4.50. The Kier molecular flexibility index (Phi) is 3.15. The fourth-order valence-corrected chi connectivity index (χ4v) is 3.40. The van der Waals surface area contributed by atoms with Crippen LogP contribution in [0.4, 0.5) is 0 Å². The zero-order valence-electron chi connectivity index (χ0n) is 10.4. The van der Waals surface area contributed by atoms with E-state index in [9.17, 15) is 0 Å². The van der Waals surface area contributed by atoms with E-state index in [0.717, 1.165) is 13.0 Å².